The molecule has 6 nitrogen and oxygen atoms in total. The van der Waals surface area contributed by atoms with Crippen molar-refractivity contribution >= 4 is 17.6 Å². The van der Waals surface area contributed by atoms with E-state index in [-0.39, 0.29) is 0 Å². The molecule has 7 heteroatoms. The van der Waals surface area contributed by atoms with Crippen LogP contribution in [0.5, 0.6) is 0 Å². The number of anilines is 1. The van der Waals surface area contributed by atoms with E-state index in [0.717, 1.165) is 16.7 Å². The van der Waals surface area contributed by atoms with E-state index in [2.05, 4.69) is 25.5 Å². The number of aromatic nitrogens is 5. The van der Waals surface area contributed by atoms with Gasteiger partial charge in [-0.2, -0.15) is 0 Å². The van der Waals surface area contributed by atoms with Crippen LogP contribution in [0.25, 0.3) is 0 Å². The molecular formula is C9H12N6S. The molecule has 0 unspecified atom stereocenters. The third-order valence-corrected chi connectivity index (χ3v) is 2.73. The molecule has 0 saturated carbocycles. The maximum Gasteiger partial charge on any atom is 0.151 e. The lowest BCUT2D eigenvalue weighted by Crippen LogP contribution is -2.06. The van der Waals surface area contributed by atoms with Gasteiger partial charge in [0.25, 0.3) is 0 Å². The maximum atomic E-state index is 4.12. The lowest BCUT2D eigenvalue weighted by atomic mass is 10.5. The second-order valence-electron chi connectivity index (χ2n) is 3.16. The molecule has 0 atom stereocenters. The molecule has 0 fully saturated rings. The fourth-order valence-corrected chi connectivity index (χ4v) is 1.57. The molecule has 2 heterocycles. The Morgan fingerprint density at radius 3 is 3.00 bits per heavy atom. The van der Waals surface area contributed by atoms with Gasteiger partial charge in [0.1, 0.15) is 23.5 Å². The van der Waals surface area contributed by atoms with E-state index < -0.39 is 0 Å². The highest BCUT2D eigenvalue weighted by Gasteiger charge is 2.01. The maximum absolute atomic E-state index is 4.12. The molecule has 0 aliphatic rings. The zero-order valence-corrected chi connectivity index (χ0v) is 9.90. The SMILES string of the molecule is CSc1cc(NCc2nncn2C)ncn1. The van der Waals surface area contributed by atoms with Crippen LogP contribution in [0.3, 0.4) is 0 Å². The van der Waals surface area contributed by atoms with Crippen molar-refractivity contribution in [3.63, 3.8) is 0 Å². The van der Waals surface area contributed by atoms with Crippen molar-refractivity contribution in [2.45, 2.75) is 11.6 Å². The lowest BCUT2D eigenvalue weighted by molar-refractivity contribution is 0.809. The van der Waals surface area contributed by atoms with Crippen molar-refractivity contribution < 1.29 is 0 Å². The summed E-state index contributed by atoms with van der Waals surface area (Å²) in [7, 11) is 1.91. The Morgan fingerprint density at radius 2 is 2.31 bits per heavy atom. The van der Waals surface area contributed by atoms with E-state index in [9.17, 15) is 0 Å². The van der Waals surface area contributed by atoms with E-state index in [1.54, 1.807) is 24.4 Å². The molecule has 16 heavy (non-hydrogen) atoms. The van der Waals surface area contributed by atoms with E-state index >= 15 is 0 Å². The summed E-state index contributed by atoms with van der Waals surface area (Å²) in [6.45, 7) is 0.599. The van der Waals surface area contributed by atoms with Crippen LogP contribution < -0.4 is 5.32 Å². The predicted octanol–water partition coefficient (Wildman–Crippen LogP) is 0.939. The third kappa shape index (κ3) is 2.48. The molecule has 84 valence electrons. The number of nitrogens with zero attached hydrogens (tertiary/aromatic N) is 5. The fraction of sp³-hybridized carbons (Fsp3) is 0.333. The third-order valence-electron chi connectivity index (χ3n) is 2.08. The first-order chi connectivity index (χ1) is 7.79. The standard InChI is InChI=1S/C9H12N6S/c1-15-6-13-14-8(15)4-10-7-3-9(16-2)12-5-11-7/h3,5-6H,4H2,1-2H3,(H,10,11,12). The average Bonchev–Trinajstić information content (AvgIpc) is 2.72. The number of hydrogen-bond donors (Lipinski definition) is 1. The number of hydrogen-bond acceptors (Lipinski definition) is 6. The highest BCUT2D eigenvalue weighted by molar-refractivity contribution is 7.98. The van der Waals surface area contributed by atoms with Crippen LogP contribution in [0.1, 0.15) is 5.82 Å². The summed E-state index contributed by atoms with van der Waals surface area (Å²) in [5.74, 6) is 1.66. The molecule has 1 N–H and O–H groups in total. The molecule has 0 saturated heterocycles. The van der Waals surface area contributed by atoms with E-state index in [1.807, 2.05) is 23.9 Å². The van der Waals surface area contributed by atoms with E-state index in [1.165, 1.54) is 0 Å². The second kappa shape index (κ2) is 4.93. The highest BCUT2D eigenvalue weighted by atomic mass is 32.2. The van der Waals surface area contributed by atoms with Gasteiger partial charge in [-0.1, -0.05) is 0 Å². The number of rotatable bonds is 4. The minimum absolute atomic E-state index is 0.599. The van der Waals surface area contributed by atoms with Crippen molar-refractivity contribution in [3.8, 4) is 0 Å². The van der Waals surface area contributed by atoms with Gasteiger partial charge >= 0.3 is 0 Å². The van der Waals surface area contributed by atoms with Gasteiger partial charge < -0.3 is 9.88 Å². The van der Waals surface area contributed by atoms with Crippen LogP contribution >= 0.6 is 11.8 Å². The van der Waals surface area contributed by atoms with Gasteiger partial charge in [0.2, 0.25) is 0 Å². The summed E-state index contributed by atoms with van der Waals surface area (Å²) in [6.07, 6.45) is 5.20. The van der Waals surface area contributed by atoms with Crippen LogP contribution in [0, 0.1) is 0 Å². The van der Waals surface area contributed by atoms with Gasteiger partial charge in [-0.05, 0) is 6.26 Å². The molecule has 0 spiro atoms. The average molecular weight is 236 g/mol. The van der Waals surface area contributed by atoms with Gasteiger partial charge in [-0.25, -0.2) is 9.97 Å². The monoisotopic (exact) mass is 236 g/mol. The van der Waals surface area contributed by atoms with Crippen LogP contribution in [0.15, 0.2) is 23.7 Å². The molecule has 0 amide bonds. The zero-order valence-electron chi connectivity index (χ0n) is 9.08. The predicted molar refractivity (Wildman–Crippen MR) is 62.1 cm³/mol. The summed E-state index contributed by atoms with van der Waals surface area (Å²) >= 11 is 1.59. The first-order valence-electron chi connectivity index (χ1n) is 4.72. The quantitative estimate of drug-likeness (QED) is 0.629. The summed E-state index contributed by atoms with van der Waals surface area (Å²) < 4.78 is 1.86. The molecule has 2 aromatic rings. The van der Waals surface area contributed by atoms with Gasteiger partial charge in [0.05, 0.1) is 6.54 Å². The smallest absolute Gasteiger partial charge is 0.151 e. The minimum atomic E-state index is 0.599. The normalized spacial score (nSPS) is 10.4. The van der Waals surface area contributed by atoms with Crippen LogP contribution in [-0.2, 0) is 13.6 Å². The molecule has 0 aromatic carbocycles. The molecule has 2 aromatic heterocycles. The Kier molecular flexibility index (Phi) is 3.35. The Labute approximate surface area is 97.5 Å². The van der Waals surface area contributed by atoms with E-state index in [0.29, 0.717) is 6.54 Å². The Morgan fingerprint density at radius 1 is 1.44 bits per heavy atom. The minimum Gasteiger partial charge on any atom is -0.363 e. The number of nitrogens with one attached hydrogen (secondary N) is 1. The van der Waals surface area contributed by atoms with Crippen molar-refractivity contribution in [2.24, 2.45) is 7.05 Å². The molecule has 0 aliphatic carbocycles. The molecular weight excluding hydrogens is 224 g/mol. The molecule has 0 radical (unpaired) electrons. The van der Waals surface area contributed by atoms with Gasteiger partial charge in [-0.15, -0.1) is 22.0 Å². The first kappa shape index (κ1) is 10.9. The largest absolute Gasteiger partial charge is 0.363 e. The molecule has 0 aliphatic heterocycles. The molecule has 0 bridgehead atoms. The van der Waals surface area contributed by atoms with E-state index in [4.69, 9.17) is 0 Å². The molecule has 2 rings (SSSR count). The Bertz CT molecular complexity index is 469. The first-order valence-corrected chi connectivity index (χ1v) is 5.95. The van der Waals surface area contributed by atoms with Crippen LogP contribution in [-0.4, -0.2) is 31.0 Å². The summed E-state index contributed by atoms with van der Waals surface area (Å²) in [6, 6.07) is 1.90. The number of aryl methyl sites for hydroxylation is 1. The topological polar surface area (TPSA) is 68.5 Å². The fourth-order valence-electron chi connectivity index (χ4n) is 1.18. The Balaban J connectivity index is 2.02. The Hall–Kier alpha value is -1.63. The summed E-state index contributed by atoms with van der Waals surface area (Å²) in [5, 5.41) is 11.9. The van der Waals surface area contributed by atoms with Gasteiger partial charge in [0, 0.05) is 13.1 Å². The highest BCUT2D eigenvalue weighted by Crippen LogP contribution is 2.13. The van der Waals surface area contributed by atoms with Crippen molar-refractivity contribution in [1.29, 1.82) is 0 Å². The van der Waals surface area contributed by atoms with Crippen molar-refractivity contribution in [2.75, 3.05) is 11.6 Å². The van der Waals surface area contributed by atoms with Gasteiger partial charge in [0.15, 0.2) is 5.82 Å². The summed E-state index contributed by atoms with van der Waals surface area (Å²) in [4.78, 5) is 8.22. The second-order valence-corrected chi connectivity index (χ2v) is 3.98. The number of thioether (sulfide) groups is 1. The summed E-state index contributed by atoms with van der Waals surface area (Å²) in [5.41, 5.74) is 0. The van der Waals surface area contributed by atoms with Crippen molar-refractivity contribution in [1.82, 2.24) is 24.7 Å². The zero-order chi connectivity index (χ0) is 11.4. The van der Waals surface area contributed by atoms with Crippen LogP contribution in [0.4, 0.5) is 5.82 Å². The van der Waals surface area contributed by atoms with Gasteiger partial charge in [-0.3, -0.25) is 0 Å². The van der Waals surface area contributed by atoms with Crippen LogP contribution in [0.2, 0.25) is 0 Å². The van der Waals surface area contributed by atoms with Crippen molar-refractivity contribution in [3.05, 3.63) is 24.5 Å². The lowest BCUT2D eigenvalue weighted by Gasteiger charge is -2.05.